The number of anilines is 1. The predicted octanol–water partition coefficient (Wildman–Crippen LogP) is 8.25. The van der Waals surface area contributed by atoms with Crippen LogP contribution in [0.15, 0.2) is 94.7 Å². The molecule has 0 aliphatic heterocycles. The van der Waals surface area contributed by atoms with Gasteiger partial charge in [0.1, 0.15) is 6.10 Å². The van der Waals surface area contributed by atoms with Crippen LogP contribution in [0.4, 0.5) is 10.5 Å². The highest BCUT2D eigenvalue weighted by molar-refractivity contribution is 7.16. The smallest absolute Gasteiger partial charge is 0.412 e. The number of benzene rings is 3. The van der Waals surface area contributed by atoms with Crippen molar-refractivity contribution in [1.82, 2.24) is 0 Å². The van der Waals surface area contributed by atoms with Crippen LogP contribution in [0.2, 0.25) is 0 Å². The number of hydrogen-bond donors (Lipinski definition) is 2. The minimum absolute atomic E-state index is 0.402. The van der Waals surface area contributed by atoms with Crippen molar-refractivity contribution in [3.8, 4) is 22.5 Å². The Kier molecular flexibility index (Phi) is 6.00. The molecule has 3 aromatic carbocycles. The summed E-state index contributed by atoms with van der Waals surface area (Å²) < 4.78 is 11.8. The molecule has 1 unspecified atom stereocenters. The van der Waals surface area contributed by atoms with Crippen molar-refractivity contribution in [3.63, 3.8) is 0 Å². The van der Waals surface area contributed by atoms with E-state index < -0.39 is 23.6 Å². The molecule has 6 nitrogen and oxygen atoms in total. The summed E-state index contributed by atoms with van der Waals surface area (Å²) in [7, 11) is 0. The third kappa shape index (κ3) is 4.35. The zero-order chi connectivity index (χ0) is 26.3. The lowest BCUT2D eigenvalue weighted by molar-refractivity contribution is -0.140. The molecule has 0 spiro atoms. The summed E-state index contributed by atoms with van der Waals surface area (Å²) in [5.41, 5.74) is 4.45. The van der Waals surface area contributed by atoms with Crippen LogP contribution < -0.4 is 5.32 Å². The van der Waals surface area contributed by atoms with Gasteiger partial charge in [-0.3, -0.25) is 10.1 Å². The Morgan fingerprint density at radius 2 is 1.55 bits per heavy atom. The molecular formula is C31H25NO5S. The highest BCUT2D eigenvalue weighted by Gasteiger charge is 2.51. The summed E-state index contributed by atoms with van der Waals surface area (Å²) >= 11 is 1.46. The maximum atomic E-state index is 12.8. The fraction of sp³-hybridized carbons (Fsp3) is 0.161. The van der Waals surface area contributed by atoms with Gasteiger partial charge in [-0.2, -0.15) is 0 Å². The number of aliphatic carboxylic acids is 1. The Hall–Kier alpha value is -4.36. The minimum Gasteiger partial charge on any atom is -0.481 e. The van der Waals surface area contributed by atoms with Crippen LogP contribution in [0.5, 0.6) is 0 Å². The average molecular weight is 524 g/mol. The van der Waals surface area contributed by atoms with Gasteiger partial charge in [-0.1, -0.05) is 78.9 Å². The van der Waals surface area contributed by atoms with E-state index in [1.54, 1.807) is 0 Å². The first kappa shape index (κ1) is 24.0. The van der Waals surface area contributed by atoms with Crippen molar-refractivity contribution in [2.75, 3.05) is 5.32 Å². The van der Waals surface area contributed by atoms with Crippen LogP contribution in [0, 0.1) is 0 Å². The number of carboxylic acid groups (broad SMARTS) is 1. The maximum Gasteiger partial charge on any atom is 0.412 e. The van der Waals surface area contributed by atoms with E-state index in [0.717, 1.165) is 38.1 Å². The Bertz CT molecular complexity index is 1610. The van der Waals surface area contributed by atoms with Gasteiger partial charge in [-0.05, 0) is 53.5 Å². The maximum absolute atomic E-state index is 12.8. The lowest BCUT2D eigenvalue weighted by Gasteiger charge is -2.14. The number of ether oxygens (including phenoxy) is 1. The normalized spacial score (nSPS) is 14.7. The number of furan rings is 1. The van der Waals surface area contributed by atoms with Crippen LogP contribution in [0.1, 0.15) is 37.0 Å². The van der Waals surface area contributed by atoms with E-state index in [0.29, 0.717) is 24.3 Å². The quantitative estimate of drug-likeness (QED) is 0.224. The van der Waals surface area contributed by atoms with Crippen molar-refractivity contribution < 1.29 is 23.8 Å². The summed E-state index contributed by atoms with van der Waals surface area (Å²) in [5, 5.41) is 15.2. The molecule has 6 rings (SSSR count). The molecule has 0 saturated heterocycles. The lowest BCUT2D eigenvalue weighted by atomic mass is 9.93. The largest absolute Gasteiger partial charge is 0.481 e. The molecule has 2 N–H and O–H groups in total. The molecule has 1 saturated carbocycles. The standard InChI is InChI=1S/C31H25NO5S/c1-19(20-5-3-2-4-6-20)36-30(35)32-26-25-15-18-38-28(25)37-27(26)23-9-7-21(8-10-23)22-11-13-24(14-12-22)31(16-17-31)29(33)34/h2-15,18-19H,16-17H2,1H3,(H,32,35)(H,33,34). The van der Waals surface area contributed by atoms with Crippen molar-refractivity contribution in [2.24, 2.45) is 0 Å². The number of rotatable bonds is 7. The number of amides is 1. The highest BCUT2D eigenvalue weighted by Crippen LogP contribution is 2.48. The van der Waals surface area contributed by atoms with E-state index in [1.165, 1.54) is 11.3 Å². The van der Waals surface area contributed by atoms with Crippen LogP contribution in [0.3, 0.4) is 0 Å². The fourth-order valence-electron chi connectivity index (χ4n) is 4.78. The van der Waals surface area contributed by atoms with E-state index in [4.69, 9.17) is 9.15 Å². The molecule has 1 aliphatic rings. The van der Waals surface area contributed by atoms with Gasteiger partial charge in [0.15, 0.2) is 10.7 Å². The van der Waals surface area contributed by atoms with E-state index in [-0.39, 0.29) is 0 Å². The topological polar surface area (TPSA) is 88.8 Å². The van der Waals surface area contributed by atoms with Crippen LogP contribution in [0.25, 0.3) is 32.7 Å². The summed E-state index contributed by atoms with van der Waals surface area (Å²) in [6.45, 7) is 1.84. The SMILES string of the molecule is CC(OC(=O)Nc1c(-c2ccc(-c3ccc(C4(C(=O)O)CC4)cc3)cc2)oc2sccc12)c1ccccc1. The van der Waals surface area contributed by atoms with Gasteiger partial charge in [0, 0.05) is 5.56 Å². The third-order valence-corrected chi connectivity index (χ3v) is 7.97. The fourth-order valence-corrected chi connectivity index (χ4v) is 5.54. The molecule has 38 heavy (non-hydrogen) atoms. The van der Waals surface area contributed by atoms with Gasteiger partial charge in [-0.25, -0.2) is 4.79 Å². The van der Waals surface area contributed by atoms with Crippen molar-refractivity contribution in [1.29, 1.82) is 0 Å². The molecule has 2 aromatic heterocycles. The number of carboxylic acids is 1. The molecule has 7 heteroatoms. The van der Waals surface area contributed by atoms with E-state index >= 15 is 0 Å². The Labute approximate surface area is 223 Å². The molecule has 0 radical (unpaired) electrons. The van der Waals surface area contributed by atoms with Crippen LogP contribution >= 0.6 is 11.3 Å². The Balaban J connectivity index is 1.23. The zero-order valence-electron chi connectivity index (χ0n) is 20.6. The predicted molar refractivity (Wildman–Crippen MR) is 148 cm³/mol. The average Bonchev–Trinajstić information content (AvgIpc) is 3.52. The number of nitrogens with one attached hydrogen (secondary N) is 1. The molecule has 1 fully saturated rings. The number of thiophene rings is 1. The zero-order valence-corrected chi connectivity index (χ0v) is 21.5. The van der Waals surface area contributed by atoms with Crippen molar-refractivity contribution >= 4 is 39.4 Å². The summed E-state index contributed by atoms with van der Waals surface area (Å²) in [5.74, 6) is -0.189. The minimum atomic E-state index is -0.754. The van der Waals surface area contributed by atoms with E-state index in [1.807, 2.05) is 97.2 Å². The summed E-state index contributed by atoms with van der Waals surface area (Å²) in [6, 6.07) is 27.1. The molecule has 1 aliphatic carbocycles. The van der Waals surface area contributed by atoms with Gasteiger partial charge in [0.2, 0.25) is 0 Å². The third-order valence-electron chi connectivity index (χ3n) is 7.18. The number of hydrogen-bond acceptors (Lipinski definition) is 5. The monoisotopic (exact) mass is 523 g/mol. The molecular weight excluding hydrogens is 498 g/mol. The summed E-state index contributed by atoms with van der Waals surface area (Å²) in [4.78, 5) is 25.2. The second-order valence-electron chi connectivity index (χ2n) is 9.55. The van der Waals surface area contributed by atoms with Gasteiger partial charge >= 0.3 is 12.1 Å². The summed E-state index contributed by atoms with van der Waals surface area (Å²) in [6.07, 6.45) is 0.418. The first-order valence-corrected chi connectivity index (χ1v) is 13.3. The van der Waals surface area contributed by atoms with Crippen LogP contribution in [-0.4, -0.2) is 17.2 Å². The number of fused-ring (bicyclic) bond motifs is 1. The van der Waals surface area contributed by atoms with E-state index in [2.05, 4.69) is 5.32 Å². The molecule has 0 bridgehead atoms. The first-order valence-electron chi connectivity index (χ1n) is 12.4. The Morgan fingerprint density at radius 3 is 2.18 bits per heavy atom. The van der Waals surface area contributed by atoms with Gasteiger partial charge < -0.3 is 14.3 Å². The molecule has 190 valence electrons. The van der Waals surface area contributed by atoms with Gasteiger partial charge in [0.05, 0.1) is 16.5 Å². The number of carbonyl (C=O) groups is 2. The second kappa shape index (κ2) is 9.50. The van der Waals surface area contributed by atoms with Gasteiger partial charge in [-0.15, -0.1) is 11.3 Å². The molecule has 2 heterocycles. The van der Waals surface area contributed by atoms with E-state index in [9.17, 15) is 14.7 Å². The molecule has 5 aromatic rings. The second-order valence-corrected chi connectivity index (χ2v) is 10.4. The number of carbonyl (C=O) groups excluding carboxylic acids is 1. The van der Waals surface area contributed by atoms with Crippen molar-refractivity contribution in [2.45, 2.75) is 31.3 Å². The molecule has 1 amide bonds. The van der Waals surface area contributed by atoms with Gasteiger partial charge in [0.25, 0.3) is 0 Å². The lowest BCUT2D eigenvalue weighted by Crippen LogP contribution is -2.19. The van der Waals surface area contributed by atoms with Crippen molar-refractivity contribution in [3.05, 3.63) is 101 Å². The molecule has 1 atom stereocenters. The Morgan fingerprint density at radius 1 is 0.921 bits per heavy atom. The highest BCUT2D eigenvalue weighted by atomic mass is 32.1. The first-order chi connectivity index (χ1) is 18.4. The van der Waals surface area contributed by atoms with Crippen LogP contribution in [-0.2, 0) is 14.9 Å².